The molecule has 22 heavy (non-hydrogen) atoms. The van der Waals surface area contributed by atoms with Crippen molar-refractivity contribution in [1.29, 1.82) is 0 Å². The molecule has 0 atom stereocenters. The van der Waals surface area contributed by atoms with Crippen LogP contribution >= 0.6 is 0 Å². The molecule has 1 fully saturated rings. The molecule has 1 aromatic carbocycles. The van der Waals surface area contributed by atoms with E-state index in [1.807, 2.05) is 16.9 Å². The zero-order chi connectivity index (χ0) is 15.5. The van der Waals surface area contributed by atoms with Crippen LogP contribution in [0.1, 0.15) is 24.8 Å². The van der Waals surface area contributed by atoms with Crippen molar-refractivity contribution < 1.29 is 4.79 Å². The monoisotopic (exact) mass is 300 g/mol. The van der Waals surface area contributed by atoms with E-state index in [4.69, 9.17) is 0 Å². The molecule has 0 spiro atoms. The summed E-state index contributed by atoms with van der Waals surface area (Å²) < 4.78 is 1.94. The summed E-state index contributed by atoms with van der Waals surface area (Å²) in [7, 11) is 2.13. The van der Waals surface area contributed by atoms with Crippen molar-refractivity contribution in [3.05, 3.63) is 30.0 Å². The highest BCUT2D eigenvalue weighted by atomic mass is 16.1. The van der Waals surface area contributed by atoms with Crippen LogP contribution in [0.4, 0.5) is 0 Å². The van der Waals surface area contributed by atoms with Gasteiger partial charge < -0.3 is 10.2 Å². The Morgan fingerprint density at radius 3 is 2.91 bits per heavy atom. The molecule has 0 bridgehead atoms. The molecule has 1 N–H and O–H groups in total. The first-order chi connectivity index (χ1) is 10.6. The maximum atomic E-state index is 12.1. The van der Waals surface area contributed by atoms with Gasteiger partial charge in [0.25, 0.3) is 0 Å². The Hall–Kier alpha value is -1.88. The van der Waals surface area contributed by atoms with Gasteiger partial charge in [-0.1, -0.05) is 18.2 Å². The first kappa shape index (κ1) is 15.0. The highest BCUT2D eigenvalue weighted by Crippen LogP contribution is 2.18. The van der Waals surface area contributed by atoms with Crippen LogP contribution in [0.2, 0.25) is 0 Å². The molecule has 2 heterocycles. The summed E-state index contributed by atoms with van der Waals surface area (Å²) in [5.41, 5.74) is 2.33. The number of amides is 1. The minimum Gasteiger partial charge on any atom is -0.353 e. The average molecular weight is 300 g/mol. The molecule has 1 aromatic heterocycles. The van der Waals surface area contributed by atoms with E-state index in [2.05, 4.69) is 41.4 Å². The second-order valence-electron chi connectivity index (χ2n) is 6.28. The second-order valence-corrected chi connectivity index (χ2v) is 6.28. The first-order valence-electron chi connectivity index (χ1n) is 8.02. The Morgan fingerprint density at radius 2 is 2.14 bits per heavy atom. The lowest BCUT2D eigenvalue weighted by Gasteiger charge is -2.29. The number of para-hydroxylation sites is 1. The van der Waals surface area contributed by atoms with Gasteiger partial charge in [0.2, 0.25) is 5.91 Å². The predicted molar refractivity (Wildman–Crippen MR) is 87.7 cm³/mol. The third kappa shape index (κ3) is 3.30. The van der Waals surface area contributed by atoms with Crippen molar-refractivity contribution >= 4 is 16.8 Å². The summed E-state index contributed by atoms with van der Waals surface area (Å²) in [4.78, 5) is 14.5. The molecular weight excluding hydrogens is 276 g/mol. The molecule has 118 valence electrons. The number of hydrogen-bond acceptors (Lipinski definition) is 3. The van der Waals surface area contributed by atoms with Crippen molar-refractivity contribution in [2.45, 2.75) is 38.8 Å². The molecular formula is C17H24N4O. The minimum atomic E-state index is 0.131. The van der Waals surface area contributed by atoms with Crippen molar-refractivity contribution in [3.63, 3.8) is 0 Å². The number of piperidine rings is 1. The highest BCUT2D eigenvalue weighted by molar-refractivity contribution is 5.82. The fourth-order valence-electron chi connectivity index (χ4n) is 3.16. The van der Waals surface area contributed by atoms with Gasteiger partial charge in [0.05, 0.1) is 18.3 Å². The van der Waals surface area contributed by atoms with Crippen LogP contribution in [0.3, 0.4) is 0 Å². The van der Waals surface area contributed by atoms with E-state index in [1.165, 1.54) is 5.56 Å². The summed E-state index contributed by atoms with van der Waals surface area (Å²) in [6.07, 6.45) is 4.45. The Balaban J connectivity index is 1.56. The second kappa shape index (κ2) is 6.48. The Labute approximate surface area is 131 Å². The van der Waals surface area contributed by atoms with E-state index in [0.717, 1.165) is 36.8 Å². The molecule has 5 heteroatoms. The van der Waals surface area contributed by atoms with E-state index in [9.17, 15) is 4.79 Å². The van der Waals surface area contributed by atoms with Crippen LogP contribution in [0.25, 0.3) is 10.9 Å². The lowest BCUT2D eigenvalue weighted by molar-refractivity contribution is -0.122. The maximum Gasteiger partial charge on any atom is 0.222 e. The Kier molecular flexibility index (Phi) is 4.43. The van der Waals surface area contributed by atoms with Crippen LogP contribution < -0.4 is 5.32 Å². The Morgan fingerprint density at radius 1 is 1.36 bits per heavy atom. The van der Waals surface area contributed by atoms with Crippen LogP contribution in [0, 0.1) is 6.92 Å². The fourth-order valence-corrected chi connectivity index (χ4v) is 3.16. The number of likely N-dealkylation sites (tertiary alicyclic amines) is 1. The number of nitrogens with zero attached hydrogens (tertiary/aromatic N) is 3. The number of aromatic nitrogens is 2. The standard InChI is InChI=1S/C17H24N4O/c1-13-4-3-5-14-12-18-21(17(13)14)11-8-16(22)19-15-6-9-20(2)10-7-15/h3-5,12,15H,6-11H2,1-2H3,(H,19,22). The summed E-state index contributed by atoms with van der Waals surface area (Å²) in [5, 5.41) is 8.71. The number of aryl methyl sites for hydroxylation is 2. The zero-order valence-corrected chi connectivity index (χ0v) is 13.4. The molecule has 1 aliphatic heterocycles. The molecule has 0 unspecified atom stereocenters. The number of carbonyl (C=O) groups is 1. The molecule has 1 aliphatic rings. The van der Waals surface area contributed by atoms with Gasteiger partial charge in [-0.2, -0.15) is 5.10 Å². The van der Waals surface area contributed by atoms with Gasteiger partial charge in [-0.15, -0.1) is 0 Å². The molecule has 0 saturated carbocycles. The predicted octanol–water partition coefficient (Wildman–Crippen LogP) is 1.95. The van der Waals surface area contributed by atoms with Gasteiger partial charge in [0.1, 0.15) is 0 Å². The first-order valence-corrected chi connectivity index (χ1v) is 8.02. The van der Waals surface area contributed by atoms with Crippen molar-refractivity contribution in [3.8, 4) is 0 Å². The lowest BCUT2D eigenvalue weighted by atomic mass is 10.1. The van der Waals surface area contributed by atoms with E-state index < -0.39 is 0 Å². The smallest absolute Gasteiger partial charge is 0.222 e. The number of benzene rings is 1. The van der Waals surface area contributed by atoms with Crippen LogP contribution in [0.5, 0.6) is 0 Å². The van der Waals surface area contributed by atoms with E-state index >= 15 is 0 Å². The third-order valence-corrected chi connectivity index (χ3v) is 4.50. The highest BCUT2D eigenvalue weighted by Gasteiger charge is 2.18. The van der Waals surface area contributed by atoms with Gasteiger partial charge in [0.15, 0.2) is 0 Å². The van der Waals surface area contributed by atoms with E-state index in [0.29, 0.717) is 19.0 Å². The van der Waals surface area contributed by atoms with Crippen molar-refractivity contribution in [1.82, 2.24) is 20.0 Å². The minimum absolute atomic E-state index is 0.131. The summed E-state index contributed by atoms with van der Waals surface area (Å²) in [6.45, 7) is 4.84. The van der Waals surface area contributed by atoms with Gasteiger partial charge in [-0.3, -0.25) is 9.48 Å². The number of fused-ring (bicyclic) bond motifs is 1. The quantitative estimate of drug-likeness (QED) is 0.939. The fraction of sp³-hybridized carbons (Fsp3) is 0.529. The van der Waals surface area contributed by atoms with Crippen LogP contribution in [-0.2, 0) is 11.3 Å². The van der Waals surface area contributed by atoms with Gasteiger partial charge in [-0.05, 0) is 45.5 Å². The maximum absolute atomic E-state index is 12.1. The number of hydrogen-bond donors (Lipinski definition) is 1. The lowest BCUT2D eigenvalue weighted by Crippen LogP contribution is -2.43. The summed E-state index contributed by atoms with van der Waals surface area (Å²) in [5.74, 6) is 0.131. The topological polar surface area (TPSA) is 50.2 Å². The molecule has 5 nitrogen and oxygen atoms in total. The molecule has 3 rings (SSSR count). The van der Waals surface area contributed by atoms with Gasteiger partial charge in [0, 0.05) is 17.8 Å². The Bertz CT molecular complexity index is 656. The molecule has 0 radical (unpaired) electrons. The average Bonchev–Trinajstić information content (AvgIpc) is 2.92. The molecule has 2 aromatic rings. The summed E-state index contributed by atoms with van der Waals surface area (Å²) >= 11 is 0. The largest absolute Gasteiger partial charge is 0.353 e. The van der Waals surface area contributed by atoms with E-state index in [-0.39, 0.29) is 5.91 Å². The van der Waals surface area contributed by atoms with Gasteiger partial charge in [-0.25, -0.2) is 0 Å². The van der Waals surface area contributed by atoms with Crippen molar-refractivity contribution in [2.24, 2.45) is 0 Å². The van der Waals surface area contributed by atoms with Gasteiger partial charge >= 0.3 is 0 Å². The summed E-state index contributed by atoms with van der Waals surface area (Å²) in [6, 6.07) is 6.51. The van der Waals surface area contributed by atoms with E-state index in [1.54, 1.807) is 0 Å². The third-order valence-electron chi connectivity index (χ3n) is 4.50. The molecule has 1 saturated heterocycles. The normalized spacial score (nSPS) is 17.0. The SMILES string of the molecule is Cc1cccc2cnn(CCC(=O)NC3CCN(C)CC3)c12. The van der Waals surface area contributed by atoms with Crippen LogP contribution in [-0.4, -0.2) is 46.8 Å². The zero-order valence-electron chi connectivity index (χ0n) is 13.4. The number of carbonyl (C=O) groups excluding carboxylic acids is 1. The van der Waals surface area contributed by atoms with Crippen LogP contribution in [0.15, 0.2) is 24.4 Å². The van der Waals surface area contributed by atoms with Crippen molar-refractivity contribution in [2.75, 3.05) is 20.1 Å². The molecule has 1 amide bonds. The number of nitrogens with one attached hydrogen (secondary N) is 1. The number of rotatable bonds is 4. The molecule has 0 aliphatic carbocycles.